The van der Waals surface area contributed by atoms with Crippen molar-refractivity contribution in [3.63, 3.8) is 0 Å². The van der Waals surface area contributed by atoms with Crippen molar-refractivity contribution in [3.05, 3.63) is 47.8 Å². The molecule has 0 unspecified atom stereocenters. The van der Waals surface area contributed by atoms with Crippen molar-refractivity contribution in [2.75, 3.05) is 19.8 Å². The molecule has 0 bridgehead atoms. The molecule has 132 valence electrons. The molecule has 3 heterocycles. The van der Waals surface area contributed by atoms with Crippen LogP contribution < -0.4 is 9.47 Å². The van der Waals surface area contributed by atoms with Crippen molar-refractivity contribution in [1.82, 2.24) is 20.1 Å². The highest BCUT2D eigenvalue weighted by atomic mass is 16.5. The fraction of sp³-hybridized carbons (Fsp3) is 0.222. The van der Waals surface area contributed by atoms with E-state index in [-0.39, 0.29) is 25.0 Å². The van der Waals surface area contributed by atoms with E-state index in [9.17, 15) is 9.59 Å². The second-order valence-corrected chi connectivity index (χ2v) is 5.67. The molecule has 1 aromatic carbocycles. The third-order valence-electron chi connectivity index (χ3n) is 4.14. The molecule has 8 nitrogen and oxygen atoms in total. The van der Waals surface area contributed by atoms with Crippen LogP contribution in [0.2, 0.25) is 0 Å². The Balaban J connectivity index is 1.50. The number of carbonyl (C=O) groups is 2. The first kappa shape index (κ1) is 16.1. The molecule has 4 rings (SSSR count). The number of aromatic nitrogens is 3. The van der Waals surface area contributed by atoms with Gasteiger partial charge in [-0.15, -0.1) is 0 Å². The van der Waals surface area contributed by atoms with Gasteiger partial charge in [-0.05, 0) is 19.1 Å². The summed E-state index contributed by atoms with van der Waals surface area (Å²) in [6, 6.07) is 7.28. The second kappa shape index (κ2) is 6.47. The van der Waals surface area contributed by atoms with E-state index in [4.69, 9.17) is 9.47 Å². The number of fused-ring (bicyclic) bond motifs is 3. The number of aromatic amines is 1. The highest BCUT2D eigenvalue weighted by Gasteiger charge is 2.37. The van der Waals surface area contributed by atoms with Gasteiger partial charge in [-0.25, -0.2) is 4.98 Å². The molecule has 0 spiro atoms. The molecule has 8 heteroatoms. The van der Waals surface area contributed by atoms with Crippen molar-refractivity contribution >= 4 is 22.8 Å². The minimum absolute atomic E-state index is 0.131. The highest BCUT2D eigenvalue weighted by molar-refractivity contribution is 6.25. The van der Waals surface area contributed by atoms with E-state index in [1.165, 1.54) is 17.3 Å². The summed E-state index contributed by atoms with van der Waals surface area (Å²) in [6.07, 6.45) is 2.91. The fourth-order valence-electron chi connectivity index (χ4n) is 2.96. The molecule has 1 N–H and O–H groups in total. The van der Waals surface area contributed by atoms with E-state index in [0.717, 1.165) is 0 Å². The number of hydrogen-bond acceptors (Lipinski definition) is 6. The first-order valence-corrected chi connectivity index (χ1v) is 8.23. The lowest BCUT2D eigenvalue weighted by atomic mass is 10.1. The van der Waals surface area contributed by atoms with Crippen LogP contribution in [0, 0.1) is 0 Å². The molecule has 0 radical (unpaired) electrons. The van der Waals surface area contributed by atoms with Gasteiger partial charge < -0.3 is 9.47 Å². The molecule has 1 aliphatic heterocycles. The molecule has 2 aromatic heterocycles. The first-order chi connectivity index (χ1) is 12.7. The average Bonchev–Trinajstić information content (AvgIpc) is 3.21. The van der Waals surface area contributed by atoms with E-state index in [1.807, 2.05) is 25.1 Å². The van der Waals surface area contributed by atoms with Gasteiger partial charge in [0.15, 0.2) is 17.1 Å². The smallest absolute Gasteiger partial charge is 0.263 e. The summed E-state index contributed by atoms with van der Waals surface area (Å²) in [6.45, 7) is 2.70. The van der Waals surface area contributed by atoms with Crippen molar-refractivity contribution in [2.45, 2.75) is 6.92 Å². The van der Waals surface area contributed by atoms with E-state index >= 15 is 0 Å². The number of para-hydroxylation sites is 2. The van der Waals surface area contributed by atoms with Crippen LogP contribution in [0.5, 0.6) is 11.5 Å². The molecule has 26 heavy (non-hydrogen) atoms. The molecule has 3 aromatic rings. The Bertz CT molecular complexity index is 998. The summed E-state index contributed by atoms with van der Waals surface area (Å²) in [7, 11) is 0. The number of benzene rings is 1. The Morgan fingerprint density at radius 1 is 1.08 bits per heavy atom. The van der Waals surface area contributed by atoms with Gasteiger partial charge in [0, 0.05) is 6.20 Å². The zero-order valence-corrected chi connectivity index (χ0v) is 14.1. The molecule has 0 aliphatic carbocycles. The molecule has 1 aliphatic rings. The lowest BCUT2D eigenvalue weighted by Gasteiger charge is -2.16. The van der Waals surface area contributed by atoms with Crippen LogP contribution in [0.4, 0.5) is 0 Å². The maximum Gasteiger partial charge on any atom is 0.263 e. The Hall–Kier alpha value is -3.42. The van der Waals surface area contributed by atoms with Crippen LogP contribution in [0.3, 0.4) is 0 Å². The minimum Gasteiger partial charge on any atom is -0.490 e. The number of H-pyrrole nitrogens is 1. The monoisotopic (exact) mass is 352 g/mol. The number of nitrogens with zero attached hydrogens (tertiary/aromatic N) is 3. The van der Waals surface area contributed by atoms with Crippen molar-refractivity contribution < 1.29 is 19.1 Å². The standard InChI is InChI=1S/C18H16N4O4/c1-2-25-13-5-3-4-6-14(13)26-8-7-22-17(23)12-9-19-16-11(10-20-21-16)15(12)18(22)24/h3-6,9-10H,2,7-8H2,1H3,(H,19,20,21). The topological polar surface area (TPSA) is 97.4 Å². The molecule has 2 amide bonds. The lowest BCUT2D eigenvalue weighted by molar-refractivity contribution is 0.0631. The predicted octanol–water partition coefficient (Wildman–Crippen LogP) is 2.03. The van der Waals surface area contributed by atoms with Gasteiger partial charge in [-0.1, -0.05) is 12.1 Å². The summed E-state index contributed by atoms with van der Waals surface area (Å²) in [4.78, 5) is 30.5. The van der Waals surface area contributed by atoms with Crippen LogP contribution in [-0.2, 0) is 0 Å². The number of amides is 2. The predicted molar refractivity (Wildman–Crippen MR) is 92.4 cm³/mol. The molecule has 0 atom stereocenters. The first-order valence-electron chi connectivity index (χ1n) is 8.23. The number of hydrogen-bond donors (Lipinski definition) is 1. The van der Waals surface area contributed by atoms with Gasteiger partial charge >= 0.3 is 0 Å². The SMILES string of the molecule is CCOc1ccccc1OCCN1C(=O)c2cnc3[nH]ncc3c2C1=O. The summed E-state index contributed by atoms with van der Waals surface area (Å²) in [5, 5.41) is 7.13. The van der Waals surface area contributed by atoms with Gasteiger partial charge in [0.25, 0.3) is 11.8 Å². The van der Waals surface area contributed by atoms with Crippen molar-refractivity contribution in [3.8, 4) is 11.5 Å². The van der Waals surface area contributed by atoms with Crippen molar-refractivity contribution in [2.24, 2.45) is 0 Å². The normalized spacial score (nSPS) is 13.3. The molecule has 0 saturated carbocycles. The third-order valence-corrected chi connectivity index (χ3v) is 4.14. The van der Waals surface area contributed by atoms with Crippen LogP contribution in [-0.4, -0.2) is 51.7 Å². The fourth-order valence-corrected chi connectivity index (χ4v) is 2.96. The number of rotatable bonds is 6. The zero-order valence-electron chi connectivity index (χ0n) is 14.1. The van der Waals surface area contributed by atoms with Gasteiger partial charge in [-0.3, -0.25) is 19.6 Å². The Morgan fingerprint density at radius 3 is 2.62 bits per heavy atom. The largest absolute Gasteiger partial charge is 0.490 e. The molecule has 0 fully saturated rings. The van der Waals surface area contributed by atoms with Crippen LogP contribution >= 0.6 is 0 Å². The lowest BCUT2D eigenvalue weighted by Crippen LogP contribution is -2.33. The van der Waals surface area contributed by atoms with Gasteiger partial charge in [0.1, 0.15) is 6.61 Å². The molecule has 0 saturated heterocycles. The van der Waals surface area contributed by atoms with E-state index in [1.54, 1.807) is 6.07 Å². The van der Waals surface area contributed by atoms with E-state index < -0.39 is 0 Å². The number of nitrogens with one attached hydrogen (secondary N) is 1. The number of carbonyl (C=O) groups excluding carboxylic acids is 2. The second-order valence-electron chi connectivity index (χ2n) is 5.67. The van der Waals surface area contributed by atoms with Crippen LogP contribution in [0.1, 0.15) is 27.6 Å². The summed E-state index contributed by atoms with van der Waals surface area (Å²) in [5.41, 5.74) is 1.11. The summed E-state index contributed by atoms with van der Waals surface area (Å²) in [5.74, 6) is 0.467. The average molecular weight is 352 g/mol. The van der Waals surface area contributed by atoms with Gasteiger partial charge in [-0.2, -0.15) is 5.10 Å². The summed E-state index contributed by atoms with van der Waals surface area (Å²) < 4.78 is 11.2. The zero-order chi connectivity index (χ0) is 18.1. The Kier molecular flexibility index (Phi) is 4.00. The minimum atomic E-state index is -0.373. The van der Waals surface area contributed by atoms with E-state index in [2.05, 4.69) is 15.2 Å². The van der Waals surface area contributed by atoms with E-state index in [0.29, 0.717) is 40.3 Å². The molecular formula is C18H16N4O4. The Morgan fingerprint density at radius 2 is 1.85 bits per heavy atom. The molecular weight excluding hydrogens is 336 g/mol. The number of imide groups is 1. The Labute approximate surface area is 148 Å². The maximum absolute atomic E-state index is 12.7. The van der Waals surface area contributed by atoms with Gasteiger partial charge in [0.05, 0.1) is 35.9 Å². The number of ether oxygens (including phenoxy) is 2. The van der Waals surface area contributed by atoms with Crippen molar-refractivity contribution in [1.29, 1.82) is 0 Å². The number of pyridine rings is 1. The van der Waals surface area contributed by atoms with Crippen LogP contribution in [0.15, 0.2) is 36.7 Å². The third kappa shape index (κ3) is 2.55. The highest BCUT2D eigenvalue weighted by Crippen LogP contribution is 2.29. The summed E-state index contributed by atoms with van der Waals surface area (Å²) >= 11 is 0. The van der Waals surface area contributed by atoms with Crippen LogP contribution in [0.25, 0.3) is 11.0 Å². The van der Waals surface area contributed by atoms with Gasteiger partial charge in [0.2, 0.25) is 0 Å². The maximum atomic E-state index is 12.7. The quantitative estimate of drug-likeness (QED) is 0.682.